The quantitative estimate of drug-likeness (QED) is 0.704. The molecule has 0 bridgehead atoms. The van der Waals surface area contributed by atoms with Crippen LogP contribution in [0.15, 0.2) is 42.0 Å². The van der Waals surface area contributed by atoms with E-state index >= 15 is 0 Å². The Hall–Kier alpha value is -1.12. The number of rotatable bonds is 7. The molecule has 22 heavy (non-hydrogen) atoms. The van der Waals surface area contributed by atoms with Crippen LogP contribution in [0.1, 0.15) is 39.2 Å². The van der Waals surface area contributed by atoms with Crippen molar-refractivity contribution in [1.29, 1.82) is 0 Å². The van der Waals surface area contributed by atoms with Crippen LogP contribution in [0.25, 0.3) is 0 Å². The minimum atomic E-state index is 0.848. The lowest BCUT2D eigenvalue weighted by Crippen LogP contribution is -3.27. The minimum Gasteiger partial charge on any atom is -0.325 e. The number of hydrogen-bond donors (Lipinski definition) is 2. The summed E-state index contributed by atoms with van der Waals surface area (Å²) in [6, 6.07) is 10.9. The third-order valence-electron chi connectivity index (χ3n) is 4.81. The summed E-state index contributed by atoms with van der Waals surface area (Å²) in [7, 11) is 0. The van der Waals surface area contributed by atoms with Crippen molar-refractivity contribution in [2.75, 3.05) is 32.7 Å². The Morgan fingerprint density at radius 2 is 1.68 bits per heavy atom. The summed E-state index contributed by atoms with van der Waals surface area (Å²) in [6.07, 6.45) is 4.98. The average molecular weight is 303 g/mol. The van der Waals surface area contributed by atoms with Gasteiger partial charge in [-0.2, -0.15) is 0 Å². The number of allylic oxidation sites excluding steroid dienone is 2. The third kappa shape index (κ3) is 6.33. The molecule has 0 saturated carbocycles. The van der Waals surface area contributed by atoms with Crippen molar-refractivity contribution in [2.24, 2.45) is 5.92 Å². The van der Waals surface area contributed by atoms with Gasteiger partial charge in [-0.15, -0.1) is 0 Å². The molecule has 2 nitrogen and oxygen atoms in total. The van der Waals surface area contributed by atoms with Gasteiger partial charge in [0, 0.05) is 11.5 Å². The van der Waals surface area contributed by atoms with Gasteiger partial charge < -0.3 is 9.80 Å². The Balaban J connectivity index is 1.65. The molecule has 1 aliphatic heterocycles. The fourth-order valence-electron chi connectivity index (χ4n) is 3.47. The van der Waals surface area contributed by atoms with E-state index in [0.717, 1.165) is 5.92 Å². The lowest BCUT2D eigenvalue weighted by Gasteiger charge is -2.31. The summed E-state index contributed by atoms with van der Waals surface area (Å²) in [6.45, 7) is 14.7. The SMILES string of the molecule is CC(C)=CCC[C@H](C)C[NH+]1CC[NH+](Cc2ccccc2)CC1. The molecule has 1 aromatic carbocycles. The second-order valence-corrected chi connectivity index (χ2v) is 7.33. The largest absolute Gasteiger partial charge is 0.325 e. The van der Waals surface area contributed by atoms with Crippen molar-refractivity contribution in [1.82, 2.24) is 0 Å². The molecule has 0 aliphatic carbocycles. The first-order valence-corrected chi connectivity index (χ1v) is 8.98. The van der Waals surface area contributed by atoms with Crippen LogP contribution in [0, 0.1) is 5.92 Å². The third-order valence-corrected chi connectivity index (χ3v) is 4.81. The van der Waals surface area contributed by atoms with Gasteiger partial charge in [-0.3, -0.25) is 0 Å². The van der Waals surface area contributed by atoms with Crippen molar-refractivity contribution in [3.63, 3.8) is 0 Å². The second kappa shape index (κ2) is 9.12. The number of nitrogens with one attached hydrogen (secondary N) is 2. The fraction of sp³-hybridized carbons (Fsp3) is 0.600. The zero-order valence-corrected chi connectivity index (χ0v) is 14.7. The van der Waals surface area contributed by atoms with E-state index < -0.39 is 0 Å². The van der Waals surface area contributed by atoms with Crippen LogP contribution in [0.2, 0.25) is 0 Å². The number of hydrogen-bond acceptors (Lipinski definition) is 0. The van der Waals surface area contributed by atoms with E-state index in [1.165, 1.54) is 63.2 Å². The molecule has 0 unspecified atom stereocenters. The summed E-state index contributed by atoms with van der Waals surface area (Å²) in [4.78, 5) is 3.58. The Morgan fingerprint density at radius 1 is 1.05 bits per heavy atom. The maximum Gasteiger partial charge on any atom is 0.127 e. The molecular weight excluding hydrogens is 268 g/mol. The highest BCUT2D eigenvalue weighted by molar-refractivity contribution is 5.13. The molecule has 0 amide bonds. The summed E-state index contributed by atoms with van der Waals surface area (Å²) >= 11 is 0. The van der Waals surface area contributed by atoms with E-state index in [-0.39, 0.29) is 0 Å². The highest BCUT2D eigenvalue weighted by Gasteiger charge is 2.24. The first-order chi connectivity index (χ1) is 10.6. The molecule has 0 aromatic heterocycles. The predicted molar refractivity (Wildman–Crippen MR) is 94.2 cm³/mol. The van der Waals surface area contributed by atoms with Crippen LogP contribution in [-0.4, -0.2) is 32.7 Å². The summed E-state index contributed by atoms with van der Waals surface area (Å²) < 4.78 is 0. The van der Waals surface area contributed by atoms with Crippen molar-refractivity contribution in [3.8, 4) is 0 Å². The zero-order chi connectivity index (χ0) is 15.8. The normalized spacial score (nSPS) is 23.0. The van der Waals surface area contributed by atoms with E-state index in [0.29, 0.717) is 0 Å². The first-order valence-electron chi connectivity index (χ1n) is 8.98. The fourth-order valence-corrected chi connectivity index (χ4v) is 3.47. The van der Waals surface area contributed by atoms with Crippen LogP contribution in [0.5, 0.6) is 0 Å². The van der Waals surface area contributed by atoms with Crippen LogP contribution in [0.3, 0.4) is 0 Å². The molecule has 1 atom stereocenters. The van der Waals surface area contributed by atoms with Gasteiger partial charge in [0.25, 0.3) is 0 Å². The van der Waals surface area contributed by atoms with E-state index in [4.69, 9.17) is 0 Å². The van der Waals surface area contributed by atoms with E-state index in [2.05, 4.69) is 57.2 Å². The molecule has 0 radical (unpaired) electrons. The molecule has 1 fully saturated rings. The molecule has 2 N–H and O–H groups in total. The molecule has 1 aliphatic rings. The number of benzene rings is 1. The Kier molecular flexibility index (Phi) is 7.14. The van der Waals surface area contributed by atoms with Crippen molar-refractivity contribution < 1.29 is 9.80 Å². The van der Waals surface area contributed by atoms with Gasteiger partial charge >= 0.3 is 0 Å². The highest BCUT2D eigenvalue weighted by atomic mass is 15.3. The van der Waals surface area contributed by atoms with E-state index in [1.807, 2.05) is 4.90 Å². The first kappa shape index (κ1) is 17.2. The number of piperazine rings is 1. The summed E-state index contributed by atoms with van der Waals surface area (Å²) in [5.74, 6) is 0.848. The van der Waals surface area contributed by atoms with Gasteiger partial charge in [-0.25, -0.2) is 0 Å². The Bertz CT molecular complexity index is 440. The topological polar surface area (TPSA) is 8.88 Å². The van der Waals surface area contributed by atoms with Crippen molar-refractivity contribution >= 4 is 0 Å². The highest BCUT2D eigenvalue weighted by Crippen LogP contribution is 2.05. The average Bonchev–Trinajstić information content (AvgIpc) is 2.50. The zero-order valence-electron chi connectivity index (χ0n) is 14.7. The Morgan fingerprint density at radius 3 is 2.32 bits per heavy atom. The van der Waals surface area contributed by atoms with Gasteiger partial charge in [-0.1, -0.05) is 48.9 Å². The van der Waals surface area contributed by atoms with Crippen LogP contribution in [-0.2, 0) is 6.54 Å². The van der Waals surface area contributed by atoms with E-state index in [9.17, 15) is 0 Å². The molecule has 1 aromatic rings. The van der Waals surface area contributed by atoms with Crippen LogP contribution < -0.4 is 9.80 Å². The molecule has 2 heteroatoms. The van der Waals surface area contributed by atoms with Gasteiger partial charge in [0.2, 0.25) is 0 Å². The molecule has 1 heterocycles. The minimum absolute atomic E-state index is 0.848. The molecule has 1 saturated heterocycles. The lowest BCUT2D eigenvalue weighted by atomic mass is 10.0. The van der Waals surface area contributed by atoms with Gasteiger partial charge in [0.15, 0.2) is 0 Å². The molecule has 0 spiro atoms. The maximum absolute atomic E-state index is 2.43. The predicted octanol–water partition coefficient (Wildman–Crippen LogP) is 1.35. The summed E-state index contributed by atoms with van der Waals surface area (Å²) in [5, 5.41) is 0. The van der Waals surface area contributed by atoms with Crippen molar-refractivity contribution in [3.05, 3.63) is 47.5 Å². The maximum atomic E-state index is 2.43. The lowest BCUT2D eigenvalue weighted by molar-refractivity contribution is -1.02. The molecule has 2 rings (SSSR count). The Labute approximate surface area is 136 Å². The van der Waals surface area contributed by atoms with Crippen molar-refractivity contribution in [2.45, 2.75) is 40.2 Å². The number of quaternary nitrogens is 2. The molecule has 122 valence electrons. The smallest absolute Gasteiger partial charge is 0.127 e. The van der Waals surface area contributed by atoms with Gasteiger partial charge in [0.1, 0.15) is 32.7 Å². The van der Waals surface area contributed by atoms with Crippen LogP contribution >= 0.6 is 0 Å². The van der Waals surface area contributed by atoms with Gasteiger partial charge in [0.05, 0.1) is 6.54 Å². The van der Waals surface area contributed by atoms with Gasteiger partial charge in [-0.05, 0) is 26.7 Å². The standard InChI is InChI=1S/C20H32N2/c1-18(2)8-7-9-19(3)16-21-12-14-22(15-13-21)17-20-10-5-4-6-11-20/h4-6,8,10-11,19H,7,9,12-17H2,1-3H3/p+2/t19-/m0/s1. The monoisotopic (exact) mass is 302 g/mol. The summed E-state index contributed by atoms with van der Waals surface area (Å²) in [5.41, 5.74) is 2.94. The van der Waals surface area contributed by atoms with E-state index in [1.54, 1.807) is 4.90 Å². The second-order valence-electron chi connectivity index (χ2n) is 7.33. The van der Waals surface area contributed by atoms with Crippen LogP contribution in [0.4, 0.5) is 0 Å². The molecular formula is C20H34N2+2.